The van der Waals surface area contributed by atoms with E-state index in [4.69, 9.17) is 0 Å². The second-order valence-electron chi connectivity index (χ2n) is 4.97. The van der Waals surface area contributed by atoms with Gasteiger partial charge in [0.05, 0.1) is 11.9 Å². The molecule has 88 valence electrons. The second-order valence-corrected chi connectivity index (χ2v) is 4.97. The number of hydrogen-bond donors (Lipinski definition) is 1. The number of aryl methyl sites for hydroxylation is 1. The Hall–Kier alpha value is -1.09. The Morgan fingerprint density at radius 1 is 1.44 bits per heavy atom. The number of hydrogen-bond acceptors (Lipinski definition) is 3. The first-order chi connectivity index (χ1) is 7.65. The lowest BCUT2D eigenvalue weighted by atomic mass is 10.2. The molecular formula is C13H21N3. The van der Waals surface area contributed by atoms with Gasteiger partial charge in [0, 0.05) is 31.4 Å². The summed E-state index contributed by atoms with van der Waals surface area (Å²) in [6.07, 6.45) is 5.10. The Morgan fingerprint density at radius 3 is 2.94 bits per heavy atom. The molecule has 3 nitrogen and oxygen atoms in total. The molecule has 1 aromatic rings. The van der Waals surface area contributed by atoms with Crippen molar-refractivity contribution >= 4 is 5.69 Å². The number of pyridine rings is 1. The molecule has 1 saturated heterocycles. The van der Waals surface area contributed by atoms with E-state index in [9.17, 15) is 0 Å². The molecule has 1 aliphatic heterocycles. The van der Waals surface area contributed by atoms with E-state index in [0.29, 0.717) is 12.1 Å². The van der Waals surface area contributed by atoms with Crippen molar-refractivity contribution in [2.45, 2.75) is 39.3 Å². The molecule has 2 heterocycles. The molecule has 0 radical (unpaired) electrons. The molecule has 1 aliphatic rings. The molecule has 1 fully saturated rings. The maximum Gasteiger partial charge on any atom is 0.0555 e. The van der Waals surface area contributed by atoms with E-state index in [1.165, 1.54) is 17.7 Å². The highest BCUT2D eigenvalue weighted by Crippen LogP contribution is 2.20. The van der Waals surface area contributed by atoms with Gasteiger partial charge in [-0.2, -0.15) is 0 Å². The normalized spacial score (nSPS) is 20.8. The fraction of sp³-hybridized carbons (Fsp3) is 0.615. The molecule has 2 rings (SSSR count). The molecule has 0 spiro atoms. The lowest BCUT2D eigenvalue weighted by Crippen LogP contribution is -2.37. The standard InChI is InChI=1S/C13H21N3/c1-10(2)15-12-4-5-16(9-12)13-6-11(3)7-14-8-13/h6-8,10,12,15H,4-5,9H2,1-3H3. The van der Waals surface area contributed by atoms with Crippen molar-refractivity contribution in [2.24, 2.45) is 0 Å². The average Bonchev–Trinajstić information content (AvgIpc) is 2.65. The predicted molar refractivity (Wildman–Crippen MR) is 67.9 cm³/mol. The van der Waals surface area contributed by atoms with Gasteiger partial charge in [-0.05, 0) is 25.0 Å². The van der Waals surface area contributed by atoms with Crippen molar-refractivity contribution in [1.82, 2.24) is 10.3 Å². The molecular weight excluding hydrogens is 198 g/mol. The zero-order valence-corrected chi connectivity index (χ0v) is 10.4. The minimum absolute atomic E-state index is 0.570. The van der Waals surface area contributed by atoms with E-state index in [1.54, 1.807) is 0 Å². The summed E-state index contributed by atoms with van der Waals surface area (Å²) in [4.78, 5) is 6.67. The highest BCUT2D eigenvalue weighted by atomic mass is 15.2. The SMILES string of the molecule is Cc1cncc(N2CCC(NC(C)C)C2)c1. The minimum Gasteiger partial charge on any atom is -0.369 e. The van der Waals surface area contributed by atoms with E-state index < -0.39 is 0 Å². The Labute approximate surface area is 97.9 Å². The van der Waals surface area contributed by atoms with Crippen LogP contribution in [0.2, 0.25) is 0 Å². The largest absolute Gasteiger partial charge is 0.369 e. The van der Waals surface area contributed by atoms with Crippen LogP contribution in [0, 0.1) is 6.92 Å². The molecule has 0 aromatic carbocycles. The summed E-state index contributed by atoms with van der Waals surface area (Å²) in [6.45, 7) is 8.74. The molecule has 1 atom stereocenters. The van der Waals surface area contributed by atoms with Gasteiger partial charge in [-0.15, -0.1) is 0 Å². The monoisotopic (exact) mass is 219 g/mol. The maximum absolute atomic E-state index is 4.25. The predicted octanol–water partition coefficient (Wildman–Crippen LogP) is 1.97. The summed E-state index contributed by atoms with van der Waals surface area (Å²) in [5.74, 6) is 0. The van der Waals surface area contributed by atoms with Gasteiger partial charge < -0.3 is 10.2 Å². The van der Waals surface area contributed by atoms with Crippen LogP contribution in [0.5, 0.6) is 0 Å². The Bertz CT molecular complexity index is 349. The van der Waals surface area contributed by atoms with Crippen LogP contribution in [0.1, 0.15) is 25.8 Å². The van der Waals surface area contributed by atoms with Crippen molar-refractivity contribution in [3.05, 3.63) is 24.0 Å². The van der Waals surface area contributed by atoms with Crippen LogP contribution in [-0.4, -0.2) is 30.2 Å². The molecule has 0 bridgehead atoms. The van der Waals surface area contributed by atoms with Gasteiger partial charge in [0.25, 0.3) is 0 Å². The second kappa shape index (κ2) is 4.83. The van der Waals surface area contributed by atoms with E-state index in [2.05, 4.69) is 42.0 Å². The molecule has 1 aromatic heterocycles. The van der Waals surface area contributed by atoms with Crippen molar-refractivity contribution in [2.75, 3.05) is 18.0 Å². The lowest BCUT2D eigenvalue weighted by molar-refractivity contribution is 0.492. The summed E-state index contributed by atoms with van der Waals surface area (Å²) >= 11 is 0. The summed E-state index contributed by atoms with van der Waals surface area (Å²) < 4.78 is 0. The quantitative estimate of drug-likeness (QED) is 0.842. The zero-order chi connectivity index (χ0) is 11.5. The van der Waals surface area contributed by atoms with Crippen molar-refractivity contribution < 1.29 is 0 Å². The molecule has 0 aliphatic carbocycles. The first-order valence-corrected chi connectivity index (χ1v) is 6.08. The van der Waals surface area contributed by atoms with Gasteiger partial charge in [-0.25, -0.2) is 0 Å². The van der Waals surface area contributed by atoms with Crippen LogP contribution < -0.4 is 10.2 Å². The molecule has 3 heteroatoms. The van der Waals surface area contributed by atoms with Gasteiger partial charge in [0.2, 0.25) is 0 Å². The summed E-state index contributed by atoms with van der Waals surface area (Å²) in [7, 11) is 0. The first kappa shape index (κ1) is 11.4. The highest BCUT2D eigenvalue weighted by Gasteiger charge is 2.22. The highest BCUT2D eigenvalue weighted by molar-refractivity contribution is 5.47. The lowest BCUT2D eigenvalue weighted by Gasteiger charge is -2.20. The van der Waals surface area contributed by atoms with Gasteiger partial charge >= 0.3 is 0 Å². The third-order valence-corrected chi connectivity index (χ3v) is 2.98. The van der Waals surface area contributed by atoms with Crippen LogP contribution in [0.3, 0.4) is 0 Å². The van der Waals surface area contributed by atoms with E-state index >= 15 is 0 Å². The van der Waals surface area contributed by atoms with E-state index in [-0.39, 0.29) is 0 Å². The minimum atomic E-state index is 0.570. The van der Waals surface area contributed by atoms with Crippen LogP contribution in [0.25, 0.3) is 0 Å². The summed E-state index contributed by atoms with van der Waals surface area (Å²) in [5, 5.41) is 3.59. The van der Waals surface area contributed by atoms with Crippen molar-refractivity contribution in [3.8, 4) is 0 Å². The first-order valence-electron chi connectivity index (χ1n) is 6.08. The number of anilines is 1. The Kier molecular flexibility index (Phi) is 3.44. The fourth-order valence-corrected chi connectivity index (χ4v) is 2.31. The van der Waals surface area contributed by atoms with Crippen LogP contribution >= 0.6 is 0 Å². The van der Waals surface area contributed by atoms with Crippen LogP contribution in [0.4, 0.5) is 5.69 Å². The number of aromatic nitrogens is 1. The van der Waals surface area contributed by atoms with Gasteiger partial charge in [0.1, 0.15) is 0 Å². The van der Waals surface area contributed by atoms with Gasteiger partial charge in [-0.1, -0.05) is 13.8 Å². The van der Waals surface area contributed by atoms with Gasteiger partial charge in [-0.3, -0.25) is 4.98 Å². The maximum atomic E-state index is 4.25. The fourth-order valence-electron chi connectivity index (χ4n) is 2.31. The zero-order valence-electron chi connectivity index (χ0n) is 10.4. The number of nitrogens with zero attached hydrogens (tertiary/aromatic N) is 2. The summed E-state index contributed by atoms with van der Waals surface area (Å²) in [5.41, 5.74) is 2.49. The number of nitrogens with one attached hydrogen (secondary N) is 1. The number of rotatable bonds is 3. The van der Waals surface area contributed by atoms with Gasteiger partial charge in [0.15, 0.2) is 0 Å². The Morgan fingerprint density at radius 2 is 2.25 bits per heavy atom. The Balaban J connectivity index is 1.98. The van der Waals surface area contributed by atoms with Crippen molar-refractivity contribution in [1.29, 1.82) is 0 Å². The van der Waals surface area contributed by atoms with Crippen LogP contribution in [0.15, 0.2) is 18.5 Å². The third-order valence-electron chi connectivity index (χ3n) is 2.98. The average molecular weight is 219 g/mol. The molecule has 1 N–H and O–H groups in total. The molecule has 1 unspecified atom stereocenters. The molecule has 0 saturated carbocycles. The summed E-state index contributed by atoms with van der Waals surface area (Å²) in [6, 6.07) is 3.41. The molecule has 0 amide bonds. The smallest absolute Gasteiger partial charge is 0.0555 e. The van der Waals surface area contributed by atoms with Crippen LogP contribution in [-0.2, 0) is 0 Å². The van der Waals surface area contributed by atoms with Crippen molar-refractivity contribution in [3.63, 3.8) is 0 Å². The molecule has 16 heavy (non-hydrogen) atoms. The topological polar surface area (TPSA) is 28.2 Å². The third kappa shape index (κ3) is 2.73. The van der Waals surface area contributed by atoms with E-state index in [0.717, 1.165) is 13.1 Å². The van der Waals surface area contributed by atoms with E-state index in [1.807, 2.05) is 12.4 Å².